The summed E-state index contributed by atoms with van der Waals surface area (Å²) in [4.78, 5) is 11.9. The van der Waals surface area contributed by atoms with Gasteiger partial charge in [0.2, 0.25) is 0 Å². The maximum Gasteiger partial charge on any atom is 0.251 e. The summed E-state index contributed by atoms with van der Waals surface area (Å²) in [6, 6.07) is 7.60. The molecule has 2 N–H and O–H groups in total. The van der Waals surface area contributed by atoms with Gasteiger partial charge in [-0.1, -0.05) is 6.07 Å². The molecule has 110 valence electrons. The maximum atomic E-state index is 13.0. The highest BCUT2D eigenvalue weighted by Crippen LogP contribution is 2.26. The molecule has 2 aromatic carbocycles. The smallest absolute Gasteiger partial charge is 0.251 e. The first kappa shape index (κ1) is 14.8. The van der Waals surface area contributed by atoms with Crippen molar-refractivity contribution >= 4 is 5.91 Å². The van der Waals surface area contributed by atoms with Gasteiger partial charge in [0.25, 0.3) is 5.91 Å². The van der Waals surface area contributed by atoms with E-state index in [1.54, 1.807) is 0 Å². The molecule has 1 amide bonds. The Balaban J connectivity index is 2.04. The minimum absolute atomic E-state index is 0.0445. The first-order chi connectivity index (χ1) is 10.0. The van der Waals surface area contributed by atoms with Crippen LogP contribution in [0.3, 0.4) is 0 Å². The summed E-state index contributed by atoms with van der Waals surface area (Å²) in [6.07, 6.45) is 0. The number of phenolic OH excluding ortho intramolecular Hbond substituents is 1. The summed E-state index contributed by atoms with van der Waals surface area (Å²) in [5.41, 5.74) is 0.663. The Morgan fingerprint density at radius 2 is 1.95 bits per heavy atom. The molecule has 0 saturated carbocycles. The average Bonchev–Trinajstić information content (AvgIpc) is 2.48. The van der Waals surface area contributed by atoms with Crippen LogP contribution in [0.2, 0.25) is 0 Å². The highest BCUT2D eigenvalue weighted by Gasteiger charge is 2.10. The van der Waals surface area contributed by atoms with Crippen LogP contribution < -0.4 is 10.1 Å². The van der Waals surface area contributed by atoms with Crippen LogP contribution in [0.15, 0.2) is 36.4 Å². The van der Waals surface area contributed by atoms with Crippen molar-refractivity contribution in [2.45, 2.75) is 6.54 Å². The number of phenols is 1. The van der Waals surface area contributed by atoms with Crippen molar-refractivity contribution in [2.75, 3.05) is 7.11 Å². The minimum atomic E-state index is -0.969. The zero-order chi connectivity index (χ0) is 15.4. The van der Waals surface area contributed by atoms with E-state index in [1.807, 2.05) is 0 Å². The van der Waals surface area contributed by atoms with Crippen molar-refractivity contribution < 1.29 is 23.4 Å². The summed E-state index contributed by atoms with van der Waals surface area (Å²) in [6.45, 7) is 0.0445. The lowest BCUT2D eigenvalue weighted by Gasteiger charge is -2.08. The number of halogens is 2. The lowest BCUT2D eigenvalue weighted by atomic mass is 10.1. The lowest BCUT2D eigenvalue weighted by molar-refractivity contribution is 0.0950. The number of benzene rings is 2. The first-order valence-corrected chi connectivity index (χ1v) is 6.10. The van der Waals surface area contributed by atoms with Crippen molar-refractivity contribution in [3.05, 3.63) is 59.2 Å². The average molecular weight is 293 g/mol. The topological polar surface area (TPSA) is 58.6 Å². The van der Waals surface area contributed by atoms with Gasteiger partial charge in [0.1, 0.15) is 0 Å². The van der Waals surface area contributed by atoms with Gasteiger partial charge in [-0.15, -0.1) is 0 Å². The molecule has 0 spiro atoms. The molecule has 21 heavy (non-hydrogen) atoms. The summed E-state index contributed by atoms with van der Waals surface area (Å²) in [5.74, 6) is -2.25. The van der Waals surface area contributed by atoms with Gasteiger partial charge in [-0.3, -0.25) is 4.79 Å². The number of methoxy groups -OCH3 is 1. The Morgan fingerprint density at radius 1 is 1.19 bits per heavy atom. The highest BCUT2D eigenvalue weighted by molar-refractivity contribution is 5.94. The predicted octanol–water partition coefficient (Wildman–Crippen LogP) is 2.61. The Hall–Kier alpha value is -2.63. The summed E-state index contributed by atoms with van der Waals surface area (Å²) in [7, 11) is 1.40. The standard InChI is InChI=1S/C15H13F2NO3/c1-21-14-5-3-10(7-13(14)19)15(20)18-8-9-2-4-11(16)12(17)6-9/h2-7,19H,8H2,1H3,(H,18,20). The zero-order valence-electron chi connectivity index (χ0n) is 11.2. The molecule has 0 radical (unpaired) electrons. The molecule has 0 unspecified atom stereocenters. The lowest BCUT2D eigenvalue weighted by Crippen LogP contribution is -2.22. The van der Waals surface area contributed by atoms with Gasteiger partial charge < -0.3 is 15.2 Å². The Labute approximate surface area is 120 Å². The normalized spacial score (nSPS) is 10.2. The van der Waals surface area contributed by atoms with E-state index >= 15 is 0 Å². The molecule has 0 bridgehead atoms. The van der Waals surface area contributed by atoms with Crippen LogP contribution in [0.25, 0.3) is 0 Å². The molecule has 0 heterocycles. The van der Waals surface area contributed by atoms with E-state index in [0.29, 0.717) is 5.56 Å². The van der Waals surface area contributed by atoms with Crippen LogP contribution >= 0.6 is 0 Å². The monoisotopic (exact) mass is 293 g/mol. The van der Waals surface area contributed by atoms with Crippen molar-refractivity contribution in [3.8, 4) is 11.5 Å². The molecular weight excluding hydrogens is 280 g/mol. The Kier molecular flexibility index (Phi) is 4.37. The molecular formula is C15H13F2NO3. The summed E-state index contributed by atoms with van der Waals surface area (Å²) in [5, 5.41) is 12.1. The van der Waals surface area contributed by atoms with Crippen LogP contribution in [0.4, 0.5) is 8.78 Å². The van der Waals surface area contributed by atoms with E-state index in [4.69, 9.17) is 4.74 Å². The molecule has 0 aromatic heterocycles. The number of amides is 1. The van der Waals surface area contributed by atoms with Gasteiger partial charge in [0, 0.05) is 12.1 Å². The number of hydrogen-bond acceptors (Lipinski definition) is 3. The van der Waals surface area contributed by atoms with Gasteiger partial charge >= 0.3 is 0 Å². The number of ether oxygens (including phenoxy) is 1. The molecule has 0 saturated heterocycles. The predicted molar refractivity (Wildman–Crippen MR) is 72.2 cm³/mol. The van der Waals surface area contributed by atoms with E-state index in [1.165, 1.54) is 31.4 Å². The molecule has 0 aliphatic rings. The van der Waals surface area contributed by atoms with Gasteiger partial charge in [0.15, 0.2) is 23.1 Å². The van der Waals surface area contributed by atoms with Crippen molar-refractivity contribution in [1.29, 1.82) is 0 Å². The number of hydrogen-bond donors (Lipinski definition) is 2. The van der Waals surface area contributed by atoms with E-state index in [9.17, 15) is 18.7 Å². The van der Waals surface area contributed by atoms with Gasteiger partial charge in [-0.2, -0.15) is 0 Å². The molecule has 0 atom stereocenters. The number of carbonyl (C=O) groups is 1. The van der Waals surface area contributed by atoms with E-state index in [0.717, 1.165) is 12.1 Å². The fraction of sp³-hybridized carbons (Fsp3) is 0.133. The van der Waals surface area contributed by atoms with Crippen molar-refractivity contribution in [1.82, 2.24) is 5.32 Å². The molecule has 2 rings (SSSR count). The third-order valence-corrected chi connectivity index (χ3v) is 2.88. The van der Waals surface area contributed by atoms with E-state index in [2.05, 4.69) is 5.32 Å². The zero-order valence-corrected chi connectivity index (χ0v) is 11.2. The number of carbonyl (C=O) groups excluding carboxylic acids is 1. The molecule has 6 heteroatoms. The number of rotatable bonds is 4. The third kappa shape index (κ3) is 3.47. The van der Waals surface area contributed by atoms with Gasteiger partial charge in [-0.05, 0) is 35.9 Å². The first-order valence-electron chi connectivity index (χ1n) is 6.10. The van der Waals surface area contributed by atoms with E-state index < -0.39 is 17.5 Å². The van der Waals surface area contributed by atoms with Crippen LogP contribution in [0.5, 0.6) is 11.5 Å². The Morgan fingerprint density at radius 3 is 2.57 bits per heavy atom. The quantitative estimate of drug-likeness (QED) is 0.911. The second-order valence-electron chi connectivity index (χ2n) is 4.32. The highest BCUT2D eigenvalue weighted by atomic mass is 19.2. The molecule has 4 nitrogen and oxygen atoms in total. The van der Waals surface area contributed by atoms with Crippen molar-refractivity contribution in [2.24, 2.45) is 0 Å². The van der Waals surface area contributed by atoms with Gasteiger partial charge in [-0.25, -0.2) is 8.78 Å². The second kappa shape index (κ2) is 6.21. The molecule has 0 aliphatic heterocycles. The van der Waals surface area contributed by atoms with Crippen LogP contribution in [0, 0.1) is 11.6 Å². The van der Waals surface area contributed by atoms with E-state index in [-0.39, 0.29) is 23.6 Å². The largest absolute Gasteiger partial charge is 0.504 e. The van der Waals surface area contributed by atoms with Crippen LogP contribution in [-0.2, 0) is 6.54 Å². The summed E-state index contributed by atoms with van der Waals surface area (Å²) < 4.78 is 30.7. The number of nitrogens with one attached hydrogen (secondary N) is 1. The third-order valence-electron chi connectivity index (χ3n) is 2.88. The SMILES string of the molecule is COc1ccc(C(=O)NCc2ccc(F)c(F)c2)cc1O. The fourth-order valence-corrected chi connectivity index (χ4v) is 1.77. The second-order valence-corrected chi connectivity index (χ2v) is 4.32. The molecule has 0 aliphatic carbocycles. The maximum absolute atomic E-state index is 13.0. The minimum Gasteiger partial charge on any atom is -0.504 e. The summed E-state index contributed by atoms with van der Waals surface area (Å²) >= 11 is 0. The fourth-order valence-electron chi connectivity index (χ4n) is 1.77. The van der Waals surface area contributed by atoms with Crippen LogP contribution in [0.1, 0.15) is 15.9 Å². The number of aromatic hydroxyl groups is 1. The Bertz CT molecular complexity index is 674. The molecule has 0 fully saturated rings. The van der Waals surface area contributed by atoms with Crippen LogP contribution in [-0.4, -0.2) is 18.1 Å². The van der Waals surface area contributed by atoms with Crippen molar-refractivity contribution in [3.63, 3.8) is 0 Å². The molecule has 2 aromatic rings. The van der Waals surface area contributed by atoms with Gasteiger partial charge in [0.05, 0.1) is 7.11 Å².